The lowest BCUT2D eigenvalue weighted by Gasteiger charge is -2.26. The number of aromatic nitrogens is 3. The zero-order valence-corrected chi connectivity index (χ0v) is 17.3. The third-order valence-electron chi connectivity index (χ3n) is 4.89. The van der Waals surface area contributed by atoms with Gasteiger partial charge in [-0.3, -0.25) is 9.59 Å². The van der Waals surface area contributed by atoms with E-state index in [-0.39, 0.29) is 17.5 Å². The fourth-order valence-electron chi connectivity index (χ4n) is 3.25. The quantitative estimate of drug-likeness (QED) is 0.662. The summed E-state index contributed by atoms with van der Waals surface area (Å²) in [5.41, 5.74) is 2.93. The minimum absolute atomic E-state index is 0.155. The van der Waals surface area contributed by atoms with Crippen molar-refractivity contribution in [3.05, 3.63) is 77.6 Å². The van der Waals surface area contributed by atoms with Crippen molar-refractivity contribution in [2.45, 2.75) is 13.0 Å². The molecular weight excluding hydrogens is 398 g/mol. The molecule has 4 rings (SSSR count). The molecule has 1 saturated heterocycles. The molecule has 0 unspecified atom stereocenters. The molecular formula is C22H23N5O2S. The standard InChI is InChI=1S/C22H23N5O2S/c28-21(26-10-12-30-13-11-26)14-17-6-8-19(9-7-17)23-22(29)20-16-27(25-24-20)15-18-4-2-1-3-5-18/h1-9,16H,10-15H2,(H,23,29). The van der Waals surface area contributed by atoms with Gasteiger partial charge in [0.05, 0.1) is 19.2 Å². The van der Waals surface area contributed by atoms with Crippen molar-refractivity contribution in [1.82, 2.24) is 19.9 Å². The maximum atomic E-state index is 12.5. The molecule has 0 radical (unpaired) electrons. The normalized spacial score (nSPS) is 13.8. The number of carbonyl (C=O) groups excluding carboxylic acids is 2. The number of anilines is 1. The molecule has 0 atom stereocenters. The average molecular weight is 422 g/mol. The Balaban J connectivity index is 1.32. The molecule has 3 aromatic rings. The number of thioether (sulfide) groups is 1. The van der Waals surface area contributed by atoms with E-state index < -0.39 is 0 Å². The second kappa shape index (κ2) is 9.58. The van der Waals surface area contributed by atoms with Crippen LogP contribution in [-0.2, 0) is 17.8 Å². The van der Waals surface area contributed by atoms with Gasteiger partial charge in [0.25, 0.3) is 5.91 Å². The smallest absolute Gasteiger partial charge is 0.277 e. The van der Waals surface area contributed by atoms with E-state index in [2.05, 4.69) is 15.6 Å². The second-order valence-corrected chi connectivity index (χ2v) is 8.33. The van der Waals surface area contributed by atoms with Crippen molar-refractivity contribution in [1.29, 1.82) is 0 Å². The molecule has 0 aliphatic carbocycles. The number of nitrogens with zero attached hydrogens (tertiary/aromatic N) is 4. The van der Waals surface area contributed by atoms with E-state index in [0.717, 1.165) is 35.7 Å². The van der Waals surface area contributed by atoms with Crippen molar-refractivity contribution in [2.75, 3.05) is 29.9 Å². The maximum Gasteiger partial charge on any atom is 0.277 e. The first kappa shape index (κ1) is 20.2. The van der Waals surface area contributed by atoms with Crippen LogP contribution >= 0.6 is 11.8 Å². The van der Waals surface area contributed by atoms with E-state index in [0.29, 0.717) is 18.7 Å². The van der Waals surface area contributed by atoms with Crippen LogP contribution in [0.3, 0.4) is 0 Å². The Morgan fingerprint density at radius 2 is 1.70 bits per heavy atom. The Morgan fingerprint density at radius 3 is 2.43 bits per heavy atom. The third kappa shape index (κ3) is 5.27. The minimum Gasteiger partial charge on any atom is -0.341 e. The Hall–Kier alpha value is -3.13. The minimum atomic E-state index is -0.316. The number of amides is 2. The lowest BCUT2D eigenvalue weighted by Crippen LogP contribution is -2.38. The summed E-state index contributed by atoms with van der Waals surface area (Å²) in [6.07, 6.45) is 2.01. The van der Waals surface area contributed by atoms with Crippen molar-refractivity contribution in [2.24, 2.45) is 0 Å². The average Bonchev–Trinajstić information content (AvgIpc) is 3.25. The van der Waals surface area contributed by atoms with Crippen LogP contribution in [0, 0.1) is 0 Å². The van der Waals surface area contributed by atoms with Gasteiger partial charge in [-0.25, -0.2) is 4.68 Å². The highest BCUT2D eigenvalue weighted by Gasteiger charge is 2.17. The lowest BCUT2D eigenvalue weighted by molar-refractivity contribution is -0.130. The highest BCUT2D eigenvalue weighted by Crippen LogP contribution is 2.14. The molecule has 2 aromatic carbocycles. The van der Waals surface area contributed by atoms with Crippen molar-refractivity contribution in [3.8, 4) is 0 Å². The molecule has 0 spiro atoms. The monoisotopic (exact) mass is 421 g/mol. The molecule has 1 aromatic heterocycles. The summed E-state index contributed by atoms with van der Waals surface area (Å²) in [6.45, 7) is 2.20. The fourth-order valence-corrected chi connectivity index (χ4v) is 4.15. The van der Waals surface area contributed by atoms with Gasteiger partial charge in [0.15, 0.2) is 5.69 Å². The van der Waals surface area contributed by atoms with Gasteiger partial charge in [0.1, 0.15) is 0 Å². The first-order chi connectivity index (χ1) is 14.7. The van der Waals surface area contributed by atoms with E-state index in [4.69, 9.17) is 0 Å². The van der Waals surface area contributed by atoms with Crippen molar-refractivity contribution in [3.63, 3.8) is 0 Å². The highest BCUT2D eigenvalue weighted by atomic mass is 32.2. The Labute approximate surface area is 179 Å². The van der Waals surface area contributed by atoms with Gasteiger partial charge in [0.2, 0.25) is 5.91 Å². The predicted octanol–water partition coefficient (Wildman–Crippen LogP) is 2.70. The van der Waals surface area contributed by atoms with Gasteiger partial charge in [-0.2, -0.15) is 11.8 Å². The molecule has 2 heterocycles. The number of benzene rings is 2. The summed E-state index contributed by atoms with van der Waals surface area (Å²) in [5, 5.41) is 10.8. The van der Waals surface area contributed by atoms with Crippen molar-refractivity contribution >= 4 is 29.3 Å². The maximum absolute atomic E-state index is 12.5. The van der Waals surface area contributed by atoms with Gasteiger partial charge in [-0.1, -0.05) is 47.7 Å². The summed E-state index contributed by atoms with van der Waals surface area (Å²) in [7, 11) is 0. The van der Waals surface area contributed by atoms with E-state index in [1.165, 1.54) is 0 Å². The zero-order valence-electron chi connectivity index (χ0n) is 16.5. The van der Waals surface area contributed by atoms with Crippen LogP contribution in [0.25, 0.3) is 0 Å². The van der Waals surface area contributed by atoms with Gasteiger partial charge in [-0.05, 0) is 23.3 Å². The molecule has 1 aliphatic heterocycles. The van der Waals surface area contributed by atoms with Crippen LogP contribution in [0.1, 0.15) is 21.6 Å². The zero-order chi connectivity index (χ0) is 20.8. The van der Waals surface area contributed by atoms with Crippen LogP contribution in [-0.4, -0.2) is 56.3 Å². The fraction of sp³-hybridized carbons (Fsp3) is 0.273. The number of hydrogen-bond donors (Lipinski definition) is 1. The van der Waals surface area contributed by atoms with E-state index >= 15 is 0 Å². The number of hydrogen-bond acceptors (Lipinski definition) is 5. The van der Waals surface area contributed by atoms with Gasteiger partial charge in [0, 0.05) is 30.3 Å². The summed E-state index contributed by atoms with van der Waals surface area (Å²) >= 11 is 1.88. The third-order valence-corrected chi connectivity index (χ3v) is 5.83. The molecule has 154 valence electrons. The molecule has 1 aliphatic rings. The van der Waals surface area contributed by atoms with Crippen molar-refractivity contribution < 1.29 is 9.59 Å². The molecule has 1 N–H and O–H groups in total. The number of nitrogens with one attached hydrogen (secondary N) is 1. The first-order valence-corrected chi connectivity index (χ1v) is 11.0. The SMILES string of the molecule is O=C(Nc1ccc(CC(=O)N2CCSCC2)cc1)c1cn(Cc2ccccc2)nn1. The van der Waals surface area contributed by atoms with Gasteiger partial charge >= 0.3 is 0 Å². The Bertz CT molecular complexity index is 998. The molecule has 2 amide bonds. The van der Waals surface area contributed by atoms with Crippen LogP contribution in [0.2, 0.25) is 0 Å². The molecule has 0 saturated carbocycles. The van der Waals surface area contributed by atoms with Gasteiger partial charge < -0.3 is 10.2 Å². The number of carbonyl (C=O) groups is 2. The topological polar surface area (TPSA) is 80.1 Å². The Morgan fingerprint density at radius 1 is 0.967 bits per heavy atom. The summed E-state index contributed by atoms with van der Waals surface area (Å²) < 4.78 is 1.64. The van der Waals surface area contributed by atoms with Crippen LogP contribution < -0.4 is 5.32 Å². The van der Waals surface area contributed by atoms with Crippen LogP contribution in [0.5, 0.6) is 0 Å². The predicted molar refractivity (Wildman–Crippen MR) is 118 cm³/mol. The molecule has 8 heteroatoms. The van der Waals surface area contributed by atoms with Crippen LogP contribution in [0.15, 0.2) is 60.8 Å². The van der Waals surface area contributed by atoms with E-state index in [1.807, 2.05) is 59.1 Å². The summed E-state index contributed by atoms with van der Waals surface area (Å²) in [4.78, 5) is 26.8. The molecule has 7 nitrogen and oxygen atoms in total. The number of rotatable bonds is 6. The largest absolute Gasteiger partial charge is 0.341 e. The van der Waals surface area contributed by atoms with Gasteiger partial charge in [-0.15, -0.1) is 5.10 Å². The summed E-state index contributed by atoms with van der Waals surface area (Å²) in [6, 6.07) is 17.2. The Kier molecular flexibility index (Phi) is 6.44. The van der Waals surface area contributed by atoms with E-state index in [9.17, 15) is 9.59 Å². The second-order valence-electron chi connectivity index (χ2n) is 7.11. The van der Waals surface area contributed by atoms with Crippen LogP contribution in [0.4, 0.5) is 5.69 Å². The molecule has 1 fully saturated rings. The first-order valence-electron chi connectivity index (χ1n) is 9.87. The van der Waals surface area contributed by atoms with E-state index in [1.54, 1.807) is 23.0 Å². The lowest BCUT2D eigenvalue weighted by atomic mass is 10.1. The highest BCUT2D eigenvalue weighted by molar-refractivity contribution is 7.99. The summed E-state index contributed by atoms with van der Waals surface area (Å²) in [5.74, 6) is 1.85. The molecule has 0 bridgehead atoms. The molecule has 30 heavy (non-hydrogen) atoms.